The highest BCUT2D eigenvalue weighted by Crippen LogP contribution is 2.27. The van der Waals surface area contributed by atoms with Crippen LogP contribution in [-0.4, -0.2) is 30.8 Å². The normalized spacial score (nSPS) is 19.7. The molecule has 0 amide bonds. The van der Waals surface area contributed by atoms with Crippen LogP contribution in [0.25, 0.3) is 0 Å². The predicted molar refractivity (Wildman–Crippen MR) is 51.9 cm³/mol. The van der Waals surface area contributed by atoms with Crippen LogP contribution in [0.15, 0.2) is 24.4 Å². The lowest BCUT2D eigenvalue weighted by Gasteiger charge is -2.47. The summed E-state index contributed by atoms with van der Waals surface area (Å²) in [4.78, 5) is 6.48. The quantitative estimate of drug-likeness (QED) is 0.682. The molecule has 0 aliphatic carbocycles. The fraction of sp³-hybridized carbons (Fsp3) is 0.500. The maximum Gasteiger partial charge on any atom is 0.128 e. The Kier molecular flexibility index (Phi) is 1.96. The van der Waals surface area contributed by atoms with E-state index in [1.54, 1.807) is 7.11 Å². The van der Waals surface area contributed by atoms with Gasteiger partial charge >= 0.3 is 0 Å². The number of ether oxygens (including phenoxy) is 1. The van der Waals surface area contributed by atoms with Crippen molar-refractivity contribution >= 4 is 5.82 Å². The van der Waals surface area contributed by atoms with E-state index in [1.165, 1.54) is 0 Å². The number of pyridine rings is 1. The first-order valence-electron chi connectivity index (χ1n) is 4.45. The minimum Gasteiger partial charge on any atom is -0.375 e. The molecular weight excluding hydrogens is 164 g/mol. The van der Waals surface area contributed by atoms with Gasteiger partial charge in [-0.3, -0.25) is 0 Å². The largest absolute Gasteiger partial charge is 0.375 e. The van der Waals surface area contributed by atoms with Crippen molar-refractivity contribution in [3.05, 3.63) is 24.4 Å². The van der Waals surface area contributed by atoms with Crippen LogP contribution in [0, 0.1) is 0 Å². The zero-order chi connectivity index (χ0) is 9.31. The molecule has 0 unspecified atom stereocenters. The molecule has 1 aliphatic heterocycles. The van der Waals surface area contributed by atoms with Gasteiger partial charge in [0.05, 0.1) is 5.60 Å². The molecule has 0 bridgehead atoms. The van der Waals surface area contributed by atoms with E-state index in [0.717, 1.165) is 18.9 Å². The lowest BCUT2D eigenvalue weighted by Crippen LogP contribution is -2.61. The van der Waals surface area contributed by atoms with Gasteiger partial charge in [0.25, 0.3) is 0 Å². The Morgan fingerprint density at radius 3 is 2.77 bits per heavy atom. The van der Waals surface area contributed by atoms with E-state index in [1.807, 2.05) is 24.4 Å². The molecule has 0 saturated carbocycles. The third-order valence-electron chi connectivity index (χ3n) is 2.52. The molecule has 3 nitrogen and oxygen atoms in total. The van der Waals surface area contributed by atoms with Gasteiger partial charge in [0.2, 0.25) is 0 Å². The van der Waals surface area contributed by atoms with E-state index in [2.05, 4.69) is 16.8 Å². The van der Waals surface area contributed by atoms with Crippen molar-refractivity contribution in [1.82, 2.24) is 4.98 Å². The summed E-state index contributed by atoms with van der Waals surface area (Å²) in [5.74, 6) is 1.04. The smallest absolute Gasteiger partial charge is 0.128 e. The fourth-order valence-electron chi connectivity index (χ4n) is 1.59. The monoisotopic (exact) mass is 178 g/mol. The number of nitrogens with zero attached hydrogens (tertiary/aromatic N) is 2. The van der Waals surface area contributed by atoms with Gasteiger partial charge in [-0.25, -0.2) is 4.98 Å². The van der Waals surface area contributed by atoms with Gasteiger partial charge < -0.3 is 9.64 Å². The molecule has 0 spiro atoms. The Morgan fingerprint density at radius 2 is 2.23 bits per heavy atom. The van der Waals surface area contributed by atoms with Gasteiger partial charge in [0, 0.05) is 26.4 Å². The zero-order valence-corrected chi connectivity index (χ0v) is 8.03. The van der Waals surface area contributed by atoms with Crippen molar-refractivity contribution in [3.63, 3.8) is 0 Å². The second-order valence-electron chi connectivity index (χ2n) is 3.70. The fourth-order valence-corrected chi connectivity index (χ4v) is 1.59. The van der Waals surface area contributed by atoms with E-state index >= 15 is 0 Å². The van der Waals surface area contributed by atoms with Gasteiger partial charge in [-0.2, -0.15) is 0 Å². The second kappa shape index (κ2) is 3.00. The van der Waals surface area contributed by atoms with Gasteiger partial charge in [-0.1, -0.05) is 6.07 Å². The van der Waals surface area contributed by atoms with Crippen molar-refractivity contribution in [2.45, 2.75) is 12.5 Å². The Balaban J connectivity index is 2.01. The Labute approximate surface area is 78.3 Å². The standard InChI is InChI=1S/C10H14N2O/c1-10(13-2)7-12(8-10)9-5-3-4-6-11-9/h3-6H,7-8H2,1-2H3. The van der Waals surface area contributed by atoms with E-state index < -0.39 is 0 Å². The highest BCUT2D eigenvalue weighted by Gasteiger charge is 2.39. The summed E-state index contributed by atoms with van der Waals surface area (Å²) in [6.07, 6.45) is 1.82. The van der Waals surface area contributed by atoms with Gasteiger partial charge in [-0.15, -0.1) is 0 Å². The summed E-state index contributed by atoms with van der Waals surface area (Å²) in [6, 6.07) is 5.96. The first-order valence-corrected chi connectivity index (χ1v) is 4.45. The van der Waals surface area contributed by atoms with Gasteiger partial charge in [0.1, 0.15) is 5.82 Å². The van der Waals surface area contributed by atoms with Crippen LogP contribution in [0.4, 0.5) is 5.82 Å². The molecule has 1 aromatic rings. The molecule has 13 heavy (non-hydrogen) atoms. The van der Waals surface area contributed by atoms with Crippen LogP contribution in [-0.2, 0) is 4.74 Å². The Hall–Kier alpha value is -1.09. The van der Waals surface area contributed by atoms with Crippen molar-refractivity contribution in [1.29, 1.82) is 0 Å². The maximum absolute atomic E-state index is 5.36. The summed E-state index contributed by atoms with van der Waals surface area (Å²) < 4.78 is 5.36. The average molecular weight is 178 g/mol. The summed E-state index contributed by atoms with van der Waals surface area (Å²) in [5, 5.41) is 0. The molecule has 0 N–H and O–H groups in total. The topological polar surface area (TPSA) is 25.4 Å². The van der Waals surface area contributed by atoms with Crippen LogP contribution in [0.1, 0.15) is 6.92 Å². The summed E-state index contributed by atoms with van der Waals surface area (Å²) in [7, 11) is 1.76. The molecular formula is C10H14N2O. The van der Waals surface area contributed by atoms with Crippen LogP contribution in [0.5, 0.6) is 0 Å². The summed E-state index contributed by atoms with van der Waals surface area (Å²) in [5.41, 5.74) is 0.0253. The second-order valence-corrected chi connectivity index (χ2v) is 3.70. The third-order valence-corrected chi connectivity index (χ3v) is 2.52. The van der Waals surface area contributed by atoms with E-state index in [-0.39, 0.29) is 5.60 Å². The minimum atomic E-state index is 0.0253. The maximum atomic E-state index is 5.36. The summed E-state index contributed by atoms with van der Waals surface area (Å²) in [6.45, 7) is 3.98. The highest BCUT2D eigenvalue weighted by molar-refractivity contribution is 5.43. The molecule has 70 valence electrons. The third kappa shape index (κ3) is 1.52. The molecule has 1 aromatic heterocycles. The van der Waals surface area contributed by atoms with Crippen molar-refractivity contribution < 1.29 is 4.74 Å². The number of rotatable bonds is 2. The van der Waals surface area contributed by atoms with Crippen LogP contribution >= 0.6 is 0 Å². The van der Waals surface area contributed by atoms with E-state index in [0.29, 0.717) is 0 Å². The number of hydrogen-bond donors (Lipinski definition) is 0. The first-order chi connectivity index (χ1) is 6.23. The lowest BCUT2D eigenvalue weighted by atomic mass is 9.96. The molecule has 0 atom stereocenters. The average Bonchev–Trinajstić information content (AvgIpc) is 2.14. The molecule has 1 fully saturated rings. The number of hydrogen-bond acceptors (Lipinski definition) is 3. The van der Waals surface area contributed by atoms with Crippen molar-refractivity contribution in [3.8, 4) is 0 Å². The zero-order valence-electron chi connectivity index (χ0n) is 8.03. The molecule has 3 heteroatoms. The molecule has 2 rings (SSSR count). The number of anilines is 1. The van der Waals surface area contributed by atoms with Gasteiger partial charge in [0.15, 0.2) is 0 Å². The molecule has 1 aliphatic rings. The Bertz CT molecular complexity index is 280. The van der Waals surface area contributed by atoms with Crippen LogP contribution in [0.3, 0.4) is 0 Å². The number of methoxy groups -OCH3 is 1. The molecule has 0 aromatic carbocycles. The van der Waals surface area contributed by atoms with Crippen molar-refractivity contribution in [2.24, 2.45) is 0 Å². The first kappa shape index (κ1) is 8.51. The van der Waals surface area contributed by atoms with Crippen molar-refractivity contribution in [2.75, 3.05) is 25.1 Å². The summed E-state index contributed by atoms with van der Waals surface area (Å²) >= 11 is 0. The SMILES string of the molecule is COC1(C)CN(c2ccccn2)C1. The van der Waals surface area contributed by atoms with E-state index in [4.69, 9.17) is 4.74 Å². The molecule has 1 saturated heterocycles. The van der Waals surface area contributed by atoms with Crippen LogP contribution in [0.2, 0.25) is 0 Å². The predicted octanol–water partition coefficient (Wildman–Crippen LogP) is 1.31. The molecule has 2 heterocycles. The molecule has 0 radical (unpaired) electrons. The lowest BCUT2D eigenvalue weighted by molar-refractivity contribution is -0.0171. The van der Waals surface area contributed by atoms with Gasteiger partial charge in [-0.05, 0) is 19.1 Å². The highest BCUT2D eigenvalue weighted by atomic mass is 16.5. The van der Waals surface area contributed by atoms with E-state index in [9.17, 15) is 0 Å². The minimum absolute atomic E-state index is 0.0253. The Morgan fingerprint density at radius 1 is 1.46 bits per heavy atom. The number of aromatic nitrogens is 1. The van der Waals surface area contributed by atoms with Crippen LogP contribution < -0.4 is 4.90 Å².